The molecule has 0 saturated carbocycles. The number of hydrogen-bond acceptors (Lipinski definition) is 2. The van der Waals surface area contributed by atoms with Gasteiger partial charge in [0, 0.05) is 40.7 Å². The van der Waals surface area contributed by atoms with Crippen LogP contribution >= 0.6 is 0 Å². The van der Waals surface area contributed by atoms with E-state index >= 15 is 0 Å². The monoisotopic (exact) mass is 453 g/mol. The molecule has 0 aliphatic carbocycles. The summed E-state index contributed by atoms with van der Waals surface area (Å²) in [6.07, 6.45) is 0. The van der Waals surface area contributed by atoms with Gasteiger partial charge in [0.25, 0.3) is 0 Å². The van der Waals surface area contributed by atoms with Gasteiger partial charge in [0.1, 0.15) is 40.3 Å². The molecule has 5 aromatic rings. The predicted octanol–water partition coefficient (Wildman–Crippen LogP) is 7.49. The van der Waals surface area contributed by atoms with Gasteiger partial charge in [-0.25, -0.2) is 22.0 Å². The first-order valence-corrected chi connectivity index (χ1v) is 10.1. The summed E-state index contributed by atoms with van der Waals surface area (Å²) in [5.74, 6) is -3.22. The fraction of sp³-hybridized carbons (Fsp3) is 0.0769. The molecule has 33 heavy (non-hydrogen) atoms. The number of fused-ring (bicyclic) bond motifs is 3. The van der Waals surface area contributed by atoms with Gasteiger partial charge in [-0.1, -0.05) is 6.07 Å². The van der Waals surface area contributed by atoms with E-state index in [1.165, 1.54) is 29.2 Å². The Morgan fingerprint density at radius 1 is 0.606 bits per heavy atom. The molecule has 0 atom stereocenters. The molecule has 7 heteroatoms. The highest BCUT2D eigenvalue weighted by Gasteiger charge is 2.18. The lowest BCUT2D eigenvalue weighted by Crippen LogP contribution is -2.24. The smallest absolute Gasteiger partial charge is 0.135 e. The summed E-state index contributed by atoms with van der Waals surface area (Å²) in [4.78, 5) is 1.52. The summed E-state index contributed by atoms with van der Waals surface area (Å²) < 4.78 is 76.6. The van der Waals surface area contributed by atoms with Crippen LogP contribution < -0.4 is 4.90 Å². The number of anilines is 1. The third-order valence-electron chi connectivity index (χ3n) is 5.56. The summed E-state index contributed by atoms with van der Waals surface area (Å²) in [6.45, 7) is -0.406. The van der Waals surface area contributed by atoms with Gasteiger partial charge in [0.15, 0.2) is 0 Å². The van der Waals surface area contributed by atoms with Crippen molar-refractivity contribution < 1.29 is 26.4 Å². The average molecular weight is 453 g/mol. The number of benzene rings is 4. The van der Waals surface area contributed by atoms with E-state index in [1.807, 2.05) is 0 Å². The number of halogens is 5. The van der Waals surface area contributed by atoms with Crippen LogP contribution in [-0.4, -0.2) is 0 Å². The topological polar surface area (TPSA) is 16.4 Å². The van der Waals surface area contributed by atoms with Crippen molar-refractivity contribution in [1.29, 1.82) is 0 Å². The van der Waals surface area contributed by atoms with Crippen LogP contribution in [0.25, 0.3) is 21.9 Å². The van der Waals surface area contributed by atoms with Crippen molar-refractivity contribution in [1.82, 2.24) is 0 Å². The molecule has 0 spiro atoms. The molecule has 1 aromatic heterocycles. The maximum absolute atomic E-state index is 14.4. The van der Waals surface area contributed by atoms with Gasteiger partial charge in [0.2, 0.25) is 0 Å². The Labute approximate surface area is 185 Å². The highest BCUT2D eigenvalue weighted by atomic mass is 19.1. The van der Waals surface area contributed by atoms with Crippen molar-refractivity contribution >= 4 is 27.6 Å². The molecule has 4 aromatic carbocycles. The zero-order chi connectivity index (χ0) is 23.1. The minimum absolute atomic E-state index is 0.0231. The summed E-state index contributed by atoms with van der Waals surface area (Å²) in [6, 6.07) is 15.7. The summed E-state index contributed by atoms with van der Waals surface area (Å²) in [5, 5.41) is 1.11. The second-order valence-electron chi connectivity index (χ2n) is 7.72. The Bertz CT molecular complexity index is 1470. The Hall–Kier alpha value is -3.87. The number of nitrogens with zero attached hydrogens (tertiary/aromatic N) is 1. The lowest BCUT2D eigenvalue weighted by molar-refractivity contribution is 0.545. The van der Waals surface area contributed by atoms with E-state index in [4.69, 9.17) is 4.42 Å². The third-order valence-corrected chi connectivity index (χ3v) is 5.56. The molecule has 0 unspecified atom stereocenters. The fourth-order valence-electron chi connectivity index (χ4n) is 3.92. The van der Waals surface area contributed by atoms with Gasteiger partial charge < -0.3 is 9.32 Å². The largest absolute Gasteiger partial charge is 0.456 e. The zero-order valence-corrected chi connectivity index (χ0v) is 17.1. The van der Waals surface area contributed by atoms with Crippen LogP contribution in [-0.2, 0) is 13.1 Å². The molecule has 0 amide bonds. The first kappa shape index (κ1) is 21.0. The zero-order valence-electron chi connectivity index (χ0n) is 17.1. The maximum Gasteiger partial charge on any atom is 0.135 e. The van der Waals surface area contributed by atoms with Crippen LogP contribution in [0.15, 0.2) is 77.2 Å². The van der Waals surface area contributed by atoms with Crippen LogP contribution in [0.5, 0.6) is 0 Å². The van der Waals surface area contributed by atoms with Gasteiger partial charge in [-0.2, -0.15) is 0 Å². The van der Waals surface area contributed by atoms with Gasteiger partial charge in [0.05, 0.1) is 0 Å². The van der Waals surface area contributed by atoms with Crippen LogP contribution in [0.3, 0.4) is 0 Å². The van der Waals surface area contributed by atoms with Crippen LogP contribution in [0.2, 0.25) is 0 Å². The van der Waals surface area contributed by atoms with Crippen LogP contribution in [0, 0.1) is 29.1 Å². The first-order valence-electron chi connectivity index (χ1n) is 10.1. The van der Waals surface area contributed by atoms with E-state index in [-0.39, 0.29) is 24.2 Å². The van der Waals surface area contributed by atoms with Gasteiger partial charge in [-0.05, 0) is 66.7 Å². The van der Waals surface area contributed by atoms with E-state index in [0.29, 0.717) is 27.6 Å². The van der Waals surface area contributed by atoms with E-state index in [2.05, 4.69) is 0 Å². The molecule has 2 nitrogen and oxygen atoms in total. The summed E-state index contributed by atoms with van der Waals surface area (Å²) in [7, 11) is 0. The second-order valence-corrected chi connectivity index (χ2v) is 7.72. The van der Waals surface area contributed by atoms with Crippen molar-refractivity contribution in [3.63, 3.8) is 0 Å². The SMILES string of the molecule is Fc1ccc(F)c(CN(Cc2c(F)cccc2F)c2ccc3oc4ccc(F)cc4c3c2)c1. The van der Waals surface area contributed by atoms with Crippen LogP contribution in [0.1, 0.15) is 11.1 Å². The normalized spacial score (nSPS) is 11.4. The molecule has 0 saturated heterocycles. The van der Waals surface area contributed by atoms with Crippen molar-refractivity contribution in [3.8, 4) is 0 Å². The van der Waals surface area contributed by atoms with E-state index < -0.39 is 29.1 Å². The molecule has 0 aliphatic heterocycles. The van der Waals surface area contributed by atoms with Crippen molar-refractivity contribution in [2.24, 2.45) is 0 Å². The quantitative estimate of drug-likeness (QED) is 0.256. The molecular weight excluding hydrogens is 437 g/mol. The Balaban J connectivity index is 1.64. The summed E-state index contributed by atoms with van der Waals surface area (Å²) in [5.41, 5.74) is 1.26. The Kier molecular flexibility index (Phi) is 5.24. The minimum Gasteiger partial charge on any atom is -0.456 e. The number of rotatable bonds is 5. The molecular formula is C26H16F5NO. The molecule has 1 heterocycles. The van der Waals surface area contributed by atoms with Crippen molar-refractivity contribution in [3.05, 3.63) is 113 Å². The highest BCUT2D eigenvalue weighted by Crippen LogP contribution is 2.33. The lowest BCUT2D eigenvalue weighted by Gasteiger charge is -2.26. The number of hydrogen-bond donors (Lipinski definition) is 0. The maximum atomic E-state index is 14.4. The second kappa shape index (κ2) is 8.24. The lowest BCUT2D eigenvalue weighted by atomic mass is 10.1. The van der Waals surface area contributed by atoms with E-state index in [0.717, 1.165) is 30.3 Å². The van der Waals surface area contributed by atoms with E-state index in [9.17, 15) is 22.0 Å². The van der Waals surface area contributed by atoms with Crippen LogP contribution in [0.4, 0.5) is 27.6 Å². The molecule has 0 N–H and O–H groups in total. The van der Waals surface area contributed by atoms with E-state index in [1.54, 1.807) is 18.2 Å². The standard InChI is InChI=1S/C26H16F5NO/c27-16-4-7-22(29)15(10-16)13-32(14-21-23(30)2-1-3-24(21)31)18-6-9-26-20(12-18)19-11-17(28)5-8-25(19)33-26/h1-12H,13-14H2. The molecule has 0 fully saturated rings. The fourth-order valence-corrected chi connectivity index (χ4v) is 3.92. The summed E-state index contributed by atoms with van der Waals surface area (Å²) >= 11 is 0. The molecule has 166 valence electrons. The highest BCUT2D eigenvalue weighted by molar-refractivity contribution is 6.06. The van der Waals surface area contributed by atoms with Gasteiger partial charge in [-0.15, -0.1) is 0 Å². The average Bonchev–Trinajstić information content (AvgIpc) is 3.15. The third kappa shape index (κ3) is 4.02. The molecule has 0 bridgehead atoms. The van der Waals surface area contributed by atoms with Crippen molar-refractivity contribution in [2.75, 3.05) is 4.90 Å². The number of furan rings is 1. The molecule has 0 aliphatic rings. The molecule has 0 radical (unpaired) electrons. The Morgan fingerprint density at radius 2 is 1.24 bits per heavy atom. The minimum atomic E-state index is -0.753. The van der Waals surface area contributed by atoms with Crippen molar-refractivity contribution in [2.45, 2.75) is 13.1 Å². The first-order chi connectivity index (χ1) is 15.9. The molecule has 5 rings (SSSR count). The predicted molar refractivity (Wildman–Crippen MR) is 116 cm³/mol. The Morgan fingerprint density at radius 3 is 2.00 bits per heavy atom. The van der Waals surface area contributed by atoms with Gasteiger partial charge >= 0.3 is 0 Å². The van der Waals surface area contributed by atoms with Gasteiger partial charge in [-0.3, -0.25) is 0 Å².